The Morgan fingerprint density at radius 2 is 1.82 bits per heavy atom. The van der Waals surface area contributed by atoms with E-state index in [2.05, 4.69) is 15.3 Å². The van der Waals surface area contributed by atoms with Gasteiger partial charge in [0.15, 0.2) is 0 Å². The van der Waals surface area contributed by atoms with E-state index in [0.717, 1.165) is 47.4 Å². The van der Waals surface area contributed by atoms with E-state index >= 15 is 0 Å². The average molecular weight is 471 g/mol. The van der Waals surface area contributed by atoms with Crippen molar-refractivity contribution in [3.05, 3.63) is 47.2 Å². The van der Waals surface area contributed by atoms with Gasteiger partial charge in [-0.25, -0.2) is 22.8 Å². The summed E-state index contributed by atoms with van der Waals surface area (Å²) in [6.45, 7) is 3.16. The molecule has 1 aliphatic heterocycles. The maximum Gasteiger partial charge on any atom is 0.243 e. The fraction of sp³-hybridized carbons (Fsp3) is 0.600. The van der Waals surface area contributed by atoms with E-state index in [1.165, 1.54) is 61.3 Å². The van der Waals surface area contributed by atoms with Crippen molar-refractivity contribution >= 4 is 15.8 Å². The van der Waals surface area contributed by atoms with Crippen LogP contribution in [0.2, 0.25) is 0 Å². The lowest BCUT2D eigenvalue weighted by Gasteiger charge is -2.57. The molecule has 4 saturated carbocycles. The topological polar surface area (TPSA) is 75.2 Å². The molecule has 7 rings (SSSR count). The van der Waals surface area contributed by atoms with Crippen LogP contribution < -0.4 is 5.32 Å². The molecule has 0 spiro atoms. The van der Waals surface area contributed by atoms with Crippen LogP contribution >= 0.6 is 0 Å². The van der Waals surface area contributed by atoms with Gasteiger partial charge in [-0.15, -0.1) is 0 Å². The molecule has 2 aromatic rings. The highest BCUT2D eigenvalue weighted by Gasteiger charge is 2.50. The van der Waals surface area contributed by atoms with Crippen LogP contribution in [-0.2, 0) is 23.0 Å². The van der Waals surface area contributed by atoms with Crippen LogP contribution in [0.3, 0.4) is 0 Å². The molecule has 0 saturated heterocycles. The van der Waals surface area contributed by atoms with Crippen molar-refractivity contribution in [3.63, 3.8) is 0 Å². The molecule has 0 atom stereocenters. The molecule has 4 fully saturated rings. The summed E-state index contributed by atoms with van der Waals surface area (Å²) in [5.41, 5.74) is 2.69. The van der Waals surface area contributed by atoms with Gasteiger partial charge < -0.3 is 5.32 Å². The van der Waals surface area contributed by atoms with E-state index in [1.807, 2.05) is 0 Å². The Bertz CT molecular complexity index is 1160. The number of sulfonamides is 1. The number of anilines is 1. The predicted molar refractivity (Wildman–Crippen MR) is 124 cm³/mol. The number of hydrogen-bond donors (Lipinski definition) is 1. The molecule has 6 nitrogen and oxygen atoms in total. The Hall–Kier alpha value is -2.06. The standard InChI is InChI=1S/C25H31FN4O2S/c1-16-2-3-20(26)9-23(16)33(31,32)30-5-4-21-22(13-30)28-15-29-24(21)27-14-25-10-17-6-18(11-25)8-19(7-17)12-25/h2-3,9,15,17-19H,4-8,10-14H2,1H3,(H,27,28,29). The Morgan fingerprint density at radius 3 is 2.52 bits per heavy atom. The maximum atomic E-state index is 13.8. The molecule has 1 aromatic heterocycles. The number of benzene rings is 1. The molecule has 1 aromatic carbocycles. The number of hydrogen-bond acceptors (Lipinski definition) is 5. The first-order valence-electron chi connectivity index (χ1n) is 12.1. The van der Waals surface area contributed by atoms with Crippen LogP contribution in [0.25, 0.3) is 0 Å². The number of rotatable bonds is 5. The van der Waals surface area contributed by atoms with Crippen LogP contribution in [-0.4, -0.2) is 35.8 Å². The molecule has 0 radical (unpaired) electrons. The average Bonchev–Trinajstić information content (AvgIpc) is 2.78. The third kappa shape index (κ3) is 3.75. The molecule has 2 heterocycles. The minimum atomic E-state index is -3.80. The van der Waals surface area contributed by atoms with Crippen molar-refractivity contribution in [2.24, 2.45) is 23.2 Å². The fourth-order valence-electron chi connectivity index (χ4n) is 7.46. The van der Waals surface area contributed by atoms with Crippen molar-refractivity contribution in [1.82, 2.24) is 14.3 Å². The van der Waals surface area contributed by atoms with Crippen LogP contribution in [0.4, 0.5) is 10.2 Å². The summed E-state index contributed by atoms with van der Waals surface area (Å²) in [5.74, 6) is 3.03. The molecule has 1 N–H and O–H groups in total. The highest BCUT2D eigenvalue weighted by Crippen LogP contribution is 2.59. The summed E-state index contributed by atoms with van der Waals surface area (Å²) in [4.78, 5) is 8.99. The zero-order valence-electron chi connectivity index (χ0n) is 19.1. The number of halogens is 1. The largest absolute Gasteiger partial charge is 0.369 e. The van der Waals surface area contributed by atoms with Crippen LogP contribution in [0.5, 0.6) is 0 Å². The minimum Gasteiger partial charge on any atom is -0.369 e. The van der Waals surface area contributed by atoms with Gasteiger partial charge in [-0.3, -0.25) is 0 Å². The van der Waals surface area contributed by atoms with E-state index in [0.29, 0.717) is 23.9 Å². The van der Waals surface area contributed by atoms with Crippen LogP contribution in [0, 0.1) is 35.9 Å². The number of nitrogens with one attached hydrogen (secondary N) is 1. The predicted octanol–water partition coefficient (Wildman–Crippen LogP) is 4.30. The zero-order chi connectivity index (χ0) is 22.8. The first kappa shape index (κ1) is 21.5. The van der Waals surface area contributed by atoms with E-state index in [-0.39, 0.29) is 11.4 Å². The number of nitrogens with zero attached hydrogens (tertiary/aromatic N) is 3. The summed E-state index contributed by atoms with van der Waals surface area (Å²) in [6.07, 6.45) is 10.4. The Balaban J connectivity index is 1.21. The van der Waals surface area contributed by atoms with Gasteiger partial charge in [0, 0.05) is 18.7 Å². The highest BCUT2D eigenvalue weighted by atomic mass is 32.2. The Labute approximate surface area is 195 Å². The molecular weight excluding hydrogens is 439 g/mol. The number of aromatic nitrogens is 2. The second-order valence-corrected chi connectivity index (χ2v) is 12.8. The monoisotopic (exact) mass is 470 g/mol. The second-order valence-electron chi connectivity index (χ2n) is 10.9. The molecule has 5 aliphatic rings. The van der Waals surface area contributed by atoms with Crippen molar-refractivity contribution in [1.29, 1.82) is 0 Å². The number of fused-ring (bicyclic) bond motifs is 1. The molecular formula is C25H31FN4O2S. The van der Waals surface area contributed by atoms with Gasteiger partial charge in [0.25, 0.3) is 0 Å². The van der Waals surface area contributed by atoms with Gasteiger partial charge in [0.1, 0.15) is 18.0 Å². The van der Waals surface area contributed by atoms with Crippen molar-refractivity contribution in [2.45, 2.75) is 63.3 Å². The van der Waals surface area contributed by atoms with Crippen molar-refractivity contribution in [2.75, 3.05) is 18.4 Å². The summed E-state index contributed by atoms with van der Waals surface area (Å²) >= 11 is 0. The third-order valence-corrected chi connectivity index (χ3v) is 10.5. The first-order chi connectivity index (χ1) is 15.8. The summed E-state index contributed by atoms with van der Waals surface area (Å²) in [7, 11) is -3.80. The molecule has 4 bridgehead atoms. The van der Waals surface area contributed by atoms with E-state index in [9.17, 15) is 12.8 Å². The van der Waals surface area contributed by atoms with Crippen molar-refractivity contribution in [3.8, 4) is 0 Å². The van der Waals surface area contributed by atoms with Gasteiger partial charge in [0.2, 0.25) is 10.0 Å². The lowest BCUT2D eigenvalue weighted by atomic mass is 9.49. The molecule has 0 amide bonds. The highest BCUT2D eigenvalue weighted by molar-refractivity contribution is 7.89. The second kappa shape index (κ2) is 7.73. The summed E-state index contributed by atoms with van der Waals surface area (Å²) in [6, 6.07) is 3.90. The zero-order valence-corrected chi connectivity index (χ0v) is 19.9. The lowest BCUT2D eigenvalue weighted by molar-refractivity contribution is -0.0444. The molecule has 176 valence electrons. The third-order valence-electron chi connectivity index (χ3n) is 8.54. The SMILES string of the molecule is Cc1ccc(F)cc1S(=O)(=O)N1CCc2c(ncnc2NCC23CC4CC(CC(C4)C2)C3)C1. The minimum absolute atomic E-state index is 0.0279. The molecule has 4 aliphatic carbocycles. The van der Waals surface area contributed by atoms with Gasteiger partial charge in [-0.1, -0.05) is 6.07 Å². The van der Waals surface area contributed by atoms with E-state index in [4.69, 9.17) is 0 Å². The van der Waals surface area contributed by atoms with Gasteiger partial charge >= 0.3 is 0 Å². The molecule has 33 heavy (non-hydrogen) atoms. The van der Waals surface area contributed by atoms with E-state index < -0.39 is 15.8 Å². The quantitative estimate of drug-likeness (QED) is 0.705. The van der Waals surface area contributed by atoms with Gasteiger partial charge in [-0.2, -0.15) is 4.31 Å². The van der Waals surface area contributed by atoms with Crippen LogP contribution in [0.15, 0.2) is 29.4 Å². The van der Waals surface area contributed by atoms with Crippen LogP contribution in [0.1, 0.15) is 55.3 Å². The summed E-state index contributed by atoms with van der Waals surface area (Å²) in [5, 5.41) is 3.66. The number of aryl methyl sites for hydroxylation is 1. The van der Waals surface area contributed by atoms with Gasteiger partial charge in [-0.05, 0) is 92.7 Å². The van der Waals surface area contributed by atoms with Crippen molar-refractivity contribution < 1.29 is 12.8 Å². The molecule has 0 unspecified atom stereocenters. The smallest absolute Gasteiger partial charge is 0.243 e. The Morgan fingerprint density at radius 1 is 1.12 bits per heavy atom. The fourth-order valence-corrected chi connectivity index (χ4v) is 9.10. The first-order valence-corrected chi connectivity index (χ1v) is 13.6. The van der Waals surface area contributed by atoms with Gasteiger partial charge in [0.05, 0.1) is 17.1 Å². The molecule has 8 heteroatoms. The maximum absolute atomic E-state index is 13.8. The normalized spacial score (nSPS) is 30.9. The Kier molecular flexibility index (Phi) is 5.03. The lowest BCUT2D eigenvalue weighted by Crippen LogP contribution is -2.49. The van der Waals surface area contributed by atoms with E-state index in [1.54, 1.807) is 6.92 Å². The summed E-state index contributed by atoms with van der Waals surface area (Å²) < 4.78 is 41.7.